The van der Waals surface area contributed by atoms with Gasteiger partial charge in [0.05, 0.1) is 18.9 Å². The molecule has 0 aromatic heterocycles. The lowest BCUT2D eigenvalue weighted by Crippen LogP contribution is -2.37. The van der Waals surface area contributed by atoms with Crippen LogP contribution >= 0.6 is 12.6 Å². The summed E-state index contributed by atoms with van der Waals surface area (Å²) in [6.45, 7) is 3.29. The third kappa shape index (κ3) is 6.33. The maximum atomic E-state index is 12.8. The zero-order chi connectivity index (χ0) is 15.8. The Balaban J connectivity index is 0.00000172. The predicted octanol–water partition coefficient (Wildman–Crippen LogP) is 4.68. The van der Waals surface area contributed by atoms with Crippen molar-refractivity contribution in [2.45, 2.75) is 63.5 Å². The minimum atomic E-state index is -4.40. The lowest BCUT2D eigenvalue weighted by Gasteiger charge is -2.23. The van der Waals surface area contributed by atoms with Crippen molar-refractivity contribution in [1.82, 2.24) is 0 Å². The highest BCUT2D eigenvalue weighted by Gasteiger charge is 2.53. The first-order valence-electron chi connectivity index (χ1n) is 6.89. The van der Waals surface area contributed by atoms with Gasteiger partial charge in [-0.15, -0.1) is 0 Å². The lowest BCUT2D eigenvalue weighted by atomic mass is 9.89. The zero-order valence-electron chi connectivity index (χ0n) is 11.8. The van der Waals surface area contributed by atoms with Crippen LogP contribution in [-0.4, -0.2) is 23.8 Å². The van der Waals surface area contributed by atoms with Crippen LogP contribution in [0.2, 0.25) is 0 Å². The van der Waals surface area contributed by atoms with E-state index in [1.807, 2.05) is 13.8 Å². The van der Waals surface area contributed by atoms with E-state index < -0.39 is 30.2 Å². The van der Waals surface area contributed by atoms with E-state index in [0.717, 1.165) is 19.3 Å². The molecule has 120 valence electrons. The molecule has 0 bridgehead atoms. The molecule has 1 fully saturated rings. The number of carbonyl (C=O) groups is 1. The number of rotatable bonds is 5. The van der Waals surface area contributed by atoms with Crippen molar-refractivity contribution >= 4 is 18.6 Å². The van der Waals surface area contributed by atoms with Crippen LogP contribution in [0.1, 0.15) is 52.4 Å². The molecule has 0 amide bonds. The molecule has 0 atom stereocenters. The van der Waals surface area contributed by atoms with Crippen molar-refractivity contribution in [3.05, 3.63) is 0 Å². The van der Waals surface area contributed by atoms with Gasteiger partial charge in [0, 0.05) is 0 Å². The van der Waals surface area contributed by atoms with Crippen molar-refractivity contribution in [3.63, 3.8) is 0 Å². The lowest BCUT2D eigenvalue weighted by molar-refractivity contribution is -0.170. The first kappa shape index (κ1) is 19.5. The third-order valence-corrected chi connectivity index (χ3v) is 3.37. The Hall–Kier alpha value is -0.460. The van der Waals surface area contributed by atoms with Crippen LogP contribution in [0.3, 0.4) is 0 Å². The minimum absolute atomic E-state index is 0.274. The summed E-state index contributed by atoms with van der Waals surface area (Å²) >= 11 is 2.54. The second-order valence-electron chi connectivity index (χ2n) is 4.50. The van der Waals surface area contributed by atoms with E-state index in [1.54, 1.807) is 0 Å². The van der Waals surface area contributed by atoms with Gasteiger partial charge in [-0.3, -0.25) is 4.79 Å². The molecule has 7 heteroatoms. The van der Waals surface area contributed by atoms with Crippen LogP contribution in [-0.2, 0) is 9.53 Å². The Morgan fingerprint density at radius 2 is 1.65 bits per heavy atom. The molecule has 0 unspecified atom stereocenters. The van der Waals surface area contributed by atoms with Gasteiger partial charge < -0.3 is 4.74 Å². The van der Waals surface area contributed by atoms with Crippen LogP contribution in [0.15, 0.2) is 0 Å². The summed E-state index contributed by atoms with van der Waals surface area (Å²) in [5, 5.41) is -4.40. The Labute approximate surface area is 122 Å². The number of ether oxygens (including phenoxy) is 1. The van der Waals surface area contributed by atoms with Crippen LogP contribution in [0.4, 0.5) is 17.6 Å². The highest BCUT2D eigenvalue weighted by Crippen LogP contribution is 2.39. The Bertz CT molecular complexity index is 287. The number of esters is 1. The summed E-state index contributed by atoms with van der Waals surface area (Å²) < 4.78 is 54.9. The van der Waals surface area contributed by atoms with Gasteiger partial charge in [0.2, 0.25) is 0 Å². The molecule has 1 aliphatic rings. The summed E-state index contributed by atoms with van der Waals surface area (Å²) in [7, 11) is 0. The fourth-order valence-electron chi connectivity index (χ4n) is 1.89. The van der Waals surface area contributed by atoms with Crippen LogP contribution < -0.4 is 0 Å². The molecular weight excluding hydrogens is 296 g/mol. The fourth-order valence-corrected chi connectivity index (χ4v) is 2.00. The molecule has 20 heavy (non-hydrogen) atoms. The number of hydrogen-bond donors (Lipinski definition) is 1. The molecule has 0 radical (unpaired) electrons. The van der Waals surface area contributed by atoms with E-state index in [-0.39, 0.29) is 5.92 Å². The standard InChI is InChI=1S/C11H16F4O2S.C2H6/c12-10(13,11(14,15)18)6-7-17-9(16)8-4-2-1-3-5-8;1-2/h8,18H,1-7H2;1-2H3. The Morgan fingerprint density at radius 3 is 2.10 bits per heavy atom. The summed E-state index contributed by atoms with van der Waals surface area (Å²) in [6, 6.07) is 0. The number of carbonyl (C=O) groups excluding carboxylic acids is 1. The van der Waals surface area contributed by atoms with Crippen LogP contribution in [0.25, 0.3) is 0 Å². The van der Waals surface area contributed by atoms with Gasteiger partial charge in [-0.2, -0.15) is 17.6 Å². The molecule has 0 heterocycles. The van der Waals surface area contributed by atoms with Crippen molar-refractivity contribution in [2.24, 2.45) is 5.92 Å². The van der Waals surface area contributed by atoms with Gasteiger partial charge in [-0.05, 0) is 12.8 Å². The maximum Gasteiger partial charge on any atom is 0.353 e. The minimum Gasteiger partial charge on any atom is -0.465 e. The van der Waals surface area contributed by atoms with Crippen molar-refractivity contribution in [3.8, 4) is 0 Å². The van der Waals surface area contributed by atoms with E-state index >= 15 is 0 Å². The number of halogens is 4. The van der Waals surface area contributed by atoms with E-state index in [4.69, 9.17) is 0 Å². The van der Waals surface area contributed by atoms with E-state index in [0.29, 0.717) is 12.8 Å². The fraction of sp³-hybridized carbons (Fsp3) is 0.923. The predicted molar refractivity (Wildman–Crippen MR) is 72.4 cm³/mol. The third-order valence-electron chi connectivity index (χ3n) is 3.04. The zero-order valence-corrected chi connectivity index (χ0v) is 12.7. The number of thiol groups is 1. The van der Waals surface area contributed by atoms with Gasteiger partial charge in [0.25, 0.3) is 0 Å². The summed E-state index contributed by atoms with van der Waals surface area (Å²) in [6.07, 6.45) is 3.00. The smallest absolute Gasteiger partial charge is 0.353 e. The van der Waals surface area contributed by atoms with Gasteiger partial charge >= 0.3 is 17.1 Å². The van der Waals surface area contributed by atoms with Crippen molar-refractivity contribution < 1.29 is 27.1 Å². The molecular formula is C13H22F4O2S. The second-order valence-corrected chi connectivity index (χ2v) is 5.06. The highest BCUT2D eigenvalue weighted by molar-refractivity contribution is 7.81. The molecule has 0 aromatic rings. The van der Waals surface area contributed by atoms with Crippen molar-refractivity contribution in [2.75, 3.05) is 6.61 Å². The largest absolute Gasteiger partial charge is 0.465 e. The molecule has 0 N–H and O–H groups in total. The summed E-state index contributed by atoms with van der Waals surface area (Å²) in [4.78, 5) is 11.5. The molecule has 0 saturated heterocycles. The van der Waals surface area contributed by atoms with Gasteiger partial charge in [0.1, 0.15) is 0 Å². The van der Waals surface area contributed by atoms with Gasteiger partial charge in [0.15, 0.2) is 0 Å². The van der Waals surface area contributed by atoms with Gasteiger partial charge in [-0.1, -0.05) is 45.7 Å². The SMILES string of the molecule is CC.O=C(OCCC(F)(F)C(F)(F)S)C1CCCCC1. The first-order chi connectivity index (χ1) is 9.24. The molecule has 1 rings (SSSR count). The maximum absolute atomic E-state index is 12.8. The molecule has 1 saturated carbocycles. The average Bonchev–Trinajstić information content (AvgIpc) is 2.40. The van der Waals surface area contributed by atoms with Gasteiger partial charge in [-0.25, -0.2) is 0 Å². The Morgan fingerprint density at radius 1 is 1.15 bits per heavy atom. The highest BCUT2D eigenvalue weighted by atomic mass is 32.1. The number of alkyl halides is 4. The monoisotopic (exact) mass is 318 g/mol. The van der Waals surface area contributed by atoms with E-state index in [2.05, 4.69) is 17.4 Å². The second kappa shape index (κ2) is 8.74. The summed E-state index contributed by atoms with van der Waals surface area (Å²) in [5.41, 5.74) is 0. The van der Waals surface area contributed by atoms with Crippen molar-refractivity contribution in [1.29, 1.82) is 0 Å². The normalized spacial score (nSPS) is 17.1. The van der Waals surface area contributed by atoms with E-state index in [9.17, 15) is 22.4 Å². The quantitative estimate of drug-likeness (QED) is 0.452. The molecule has 0 aromatic carbocycles. The summed E-state index contributed by atoms with van der Waals surface area (Å²) in [5.74, 6) is -5.11. The molecule has 0 spiro atoms. The average molecular weight is 318 g/mol. The molecule has 1 aliphatic carbocycles. The molecule has 0 aliphatic heterocycles. The number of hydrogen-bond acceptors (Lipinski definition) is 3. The molecule has 2 nitrogen and oxygen atoms in total. The van der Waals surface area contributed by atoms with Crippen LogP contribution in [0, 0.1) is 5.92 Å². The Kier molecular flexibility index (Phi) is 8.54. The first-order valence-corrected chi connectivity index (χ1v) is 7.33. The van der Waals surface area contributed by atoms with Crippen LogP contribution in [0.5, 0.6) is 0 Å². The van der Waals surface area contributed by atoms with E-state index in [1.165, 1.54) is 0 Å². The topological polar surface area (TPSA) is 26.3 Å².